The van der Waals surface area contributed by atoms with E-state index in [2.05, 4.69) is 25.1 Å². The molecule has 0 saturated heterocycles. The first-order chi connectivity index (χ1) is 9.22. The standard InChI is InChI=1S/C17H25NO/c1-13-5-6-16-15(11-13)14(7-10-18)12-17(19-16)8-3-2-4-9-17/h5-6,11,14H,2-4,7-10,12,18H2,1H3. The van der Waals surface area contributed by atoms with Gasteiger partial charge in [-0.2, -0.15) is 0 Å². The number of hydrogen-bond acceptors (Lipinski definition) is 2. The van der Waals surface area contributed by atoms with Crippen molar-refractivity contribution in [2.45, 2.75) is 63.4 Å². The summed E-state index contributed by atoms with van der Waals surface area (Å²) in [5, 5.41) is 0. The van der Waals surface area contributed by atoms with Gasteiger partial charge in [0.05, 0.1) is 0 Å². The Morgan fingerprint density at radius 2 is 2.05 bits per heavy atom. The third kappa shape index (κ3) is 2.51. The Hall–Kier alpha value is -1.02. The van der Waals surface area contributed by atoms with Crippen molar-refractivity contribution in [1.82, 2.24) is 0 Å². The number of aryl methyl sites for hydroxylation is 1. The normalized spacial score (nSPS) is 24.8. The maximum atomic E-state index is 6.45. The minimum Gasteiger partial charge on any atom is -0.487 e. The van der Waals surface area contributed by atoms with Gasteiger partial charge in [-0.15, -0.1) is 0 Å². The summed E-state index contributed by atoms with van der Waals surface area (Å²) < 4.78 is 6.45. The van der Waals surface area contributed by atoms with Crippen LogP contribution in [-0.2, 0) is 0 Å². The second kappa shape index (κ2) is 5.16. The van der Waals surface area contributed by atoms with Crippen LogP contribution in [0.3, 0.4) is 0 Å². The molecule has 0 radical (unpaired) electrons. The van der Waals surface area contributed by atoms with E-state index >= 15 is 0 Å². The highest BCUT2D eigenvalue weighted by Crippen LogP contribution is 2.48. The maximum Gasteiger partial charge on any atom is 0.123 e. The average molecular weight is 259 g/mol. The molecule has 1 fully saturated rings. The van der Waals surface area contributed by atoms with E-state index in [1.165, 1.54) is 49.7 Å². The summed E-state index contributed by atoms with van der Waals surface area (Å²) in [5.74, 6) is 1.71. The minimum absolute atomic E-state index is 0.111. The van der Waals surface area contributed by atoms with Gasteiger partial charge in [-0.05, 0) is 69.5 Å². The van der Waals surface area contributed by atoms with Gasteiger partial charge >= 0.3 is 0 Å². The van der Waals surface area contributed by atoms with Crippen molar-refractivity contribution in [2.75, 3.05) is 6.54 Å². The highest BCUT2D eigenvalue weighted by Gasteiger charge is 2.41. The van der Waals surface area contributed by atoms with E-state index in [-0.39, 0.29) is 5.60 Å². The van der Waals surface area contributed by atoms with Crippen LogP contribution in [0, 0.1) is 6.92 Å². The Kier molecular flexibility index (Phi) is 3.53. The Morgan fingerprint density at radius 3 is 2.79 bits per heavy atom. The van der Waals surface area contributed by atoms with Crippen molar-refractivity contribution in [3.63, 3.8) is 0 Å². The van der Waals surface area contributed by atoms with Gasteiger partial charge in [-0.1, -0.05) is 24.1 Å². The molecule has 1 heterocycles. The zero-order chi connectivity index (χ0) is 13.3. The van der Waals surface area contributed by atoms with Gasteiger partial charge in [-0.25, -0.2) is 0 Å². The van der Waals surface area contributed by atoms with E-state index in [0.29, 0.717) is 5.92 Å². The Bertz CT molecular complexity index is 449. The zero-order valence-corrected chi connectivity index (χ0v) is 12.0. The quantitative estimate of drug-likeness (QED) is 0.874. The van der Waals surface area contributed by atoms with Crippen LogP contribution >= 0.6 is 0 Å². The van der Waals surface area contributed by atoms with Crippen LogP contribution in [-0.4, -0.2) is 12.1 Å². The number of fused-ring (bicyclic) bond motifs is 1. The fourth-order valence-corrected chi connectivity index (χ4v) is 3.87. The van der Waals surface area contributed by atoms with Gasteiger partial charge in [-0.3, -0.25) is 0 Å². The molecule has 3 rings (SSSR count). The predicted octanol–water partition coefficient (Wildman–Crippen LogP) is 3.91. The lowest BCUT2D eigenvalue weighted by atomic mass is 9.73. The van der Waals surface area contributed by atoms with Crippen LogP contribution in [0.1, 0.15) is 62.0 Å². The smallest absolute Gasteiger partial charge is 0.123 e. The lowest BCUT2D eigenvalue weighted by Crippen LogP contribution is -2.43. The van der Waals surface area contributed by atoms with Crippen LogP contribution in [0.25, 0.3) is 0 Å². The molecule has 2 aliphatic rings. The Labute approximate surface area is 116 Å². The molecular weight excluding hydrogens is 234 g/mol. The van der Waals surface area contributed by atoms with Crippen LogP contribution in [0.4, 0.5) is 0 Å². The van der Waals surface area contributed by atoms with Crippen molar-refractivity contribution in [3.8, 4) is 5.75 Å². The van der Waals surface area contributed by atoms with E-state index in [9.17, 15) is 0 Å². The molecule has 2 N–H and O–H groups in total. The van der Waals surface area contributed by atoms with Crippen molar-refractivity contribution in [1.29, 1.82) is 0 Å². The molecule has 2 heteroatoms. The summed E-state index contributed by atoms with van der Waals surface area (Å²) in [6.45, 7) is 2.93. The monoisotopic (exact) mass is 259 g/mol. The lowest BCUT2D eigenvalue weighted by molar-refractivity contribution is 0.000601. The van der Waals surface area contributed by atoms with Gasteiger partial charge in [0.1, 0.15) is 11.4 Å². The molecule has 1 spiro atoms. The summed E-state index contributed by atoms with van der Waals surface area (Å²) in [4.78, 5) is 0. The van der Waals surface area contributed by atoms with Crippen molar-refractivity contribution in [2.24, 2.45) is 5.73 Å². The van der Waals surface area contributed by atoms with Crippen LogP contribution in [0.5, 0.6) is 5.75 Å². The first kappa shape index (κ1) is 13.0. The Balaban J connectivity index is 1.94. The molecule has 0 bridgehead atoms. The van der Waals surface area contributed by atoms with Crippen molar-refractivity contribution in [3.05, 3.63) is 29.3 Å². The number of hydrogen-bond donors (Lipinski definition) is 1. The molecule has 1 aliphatic carbocycles. The predicted molar refractivity (Wildman–Crippen MR) is 78.7 cm³/mol. The van der Waals surface area contributed by atoms with Crippen LogP contribution in [0.15, 0.2) is 18.2 Å². The van der Waals surface area contributed by atoms with Gasteiger partial charge in [0.25, 0.3) is 0 Å². The fraction of sp³-hybridized carbons (Fsp3) is 0.647. The van der Waals surface area contributed by atoms with Crippen LogP contribution in [0.2, 0.25) is 0 Å². The molecular formula is C17H25NO. The largest absolute Gasteiger partial charge is 0.487 e. The van der Waals surface area contributed by atoms with Crippen molar-refractivity contribution >= 4 is 0 Å². The number of rotatable bonds is 2. The third-order valence-electron chi connectivity index (χ3n) is 4.83. The molecule has 1 unspecified atom stereocenters. The summed E-state index contributed by atoms with van der Waals surface area (Å²) in [6, 6.07) is 6.63. The molecule has 1 aliphatic heterocycles. The SMILES string of the molecule is Cc1ccc2c(c1)C(CCN)CC1(CCCCC1)O2. The topological polar surface area (TPSA) is 35.2 Å². The molecule has 2 nitrogen and oxygen atoms in total. The molecule has 1 aromatic carbocycles. The summed E-state index contributed by atoms with van der Waals surface area (Å²) in [5.41, 5.74) is 8.66. The molecule has 0 aromatic heterocycles. The molecule has 104 valence electrons. The van der Waals surface area contributed by atoms with Crippen molar-refractivity contribution < 1.29 is 4.74 Å². The molecule has 1 atom stereocenters. The molecule has 1 saturated carbocycles. The van der Waals surface area contributed by atoms with E-state index in [1.807, 2.05) is 0 Å². The maximum absolute atomic E-state index is 6.45. The number of ether oxygens (including phenoxy) is 1. The second-order valence-corrected chi connectivity index (χ2v) is 6.37. The fourth-order valence-electron chi connectivity index (χ4n) is 3.87. The first-order valence-corrected chi connectivity index (χ1v) is 7.72. The molecule has 19 heavy (non-hydrogen) atoms. The highest BCUT2D eigenvalue weighted by atomic mass is 16.5. The summed E-state index contributed by atoms with van der Waals surface area (Å²) >= 11 is 0. The molecule has 1 aromatic rings. The highest BCUT2D eigenvalue weighted by molar-refractivity contribution is 5.42. The van der Waals surface area contributed by atoms with Gasteiger partial charge in [0.2, 0.25) is 0 Å². The van der Waals surface area contributed by atoms with E-state index in [0.717, 1.165) is 18.7 Å². The summed E-state index contributed by atoms with van der Waals surface area (Å²) in [6.07, 6.45) is 8.70. The van der Waals surface area contributed by atoms with E-state index in [4.69, 9.17) is 10.5 Å². The minimum atomic E-state index is 0.111. The molecule has 0 amide bonds. The van der Waals surface area contributed by atoms with E-state index in [1.54, 1.807) is 0 Å². The average Bonchev–Trinajstić information content (AvgIpc) is 2.41. The van der Waals surface area contributed by atoms with Crippen LogP contribution < -0.4 is 10.5 Å². The third-order valence-corrected chi connectivity index (χ3v) is 4.83. The summed E-state index contributed by atoms with van der Waals surface area (Å²) in [7, 11) is 0. The number of benzene rings is 1. The van der Waals surface area contributed by atoms with Gasteiger partial charge in [0, 0.05) is 0 Å². The van der Waals surface area contributed by atoms with E-state index < -0.39 is 0 Å². The lowest BCUT2D eigenvalue weighted by Gasteiger charge is -2.44. The number of nitrogens with two attached hydrogens (primary N) is 1. The second-order valence-electron chi connectivity index (χ2n) is 6.37. The van der Waals surface area contributed by atoms with Gasteiger partial charge in [0.15, 0.2) is 0 Å². The zero-order valence-electron chi connectivity index (χ0n) is 12.0. The van der Waals surface area contributed by atoms with Gasteiger partial charge < -0.3 is 10.5 Å². The Morgan fingerprint density at radius 1 is 1.26 bits per heavy atom. The first-order valence-electron chi connectivity index (χ1n) is 7.72.